The molecule has 0 bridgehead atoms. The highest BCUT2D eigenvalue weighted by atomic mass is 16.3. The number of aliphatic hydroxyl groups excluding tert-OH is 1. The lowest BCUT2D eigenvalue weighted by Gasteiger charge is -2.06. The number of hydrogen-bond donors (Lipinski definition) is 1. The van der Waals surface area contributed by atoms with E-state index in [1.807, 2.05) is 19.1 Å². The van der Waals surface area contributed by atoms with Crippen molar-refractivity contribution in [3.8, 4) is 11.8 Å². The second-order valence-electron chi connectivity index (χ2n) is 5.26. The molecular weight excluding hydrogens is 256 g/mol. The van der Waals surface area contributed by atoms with Gasteiger partial charge in [-0.2, -0.15) is 0 Å². The summed E-state index contributed by atoms with van der Waals surface area (Å²) in [4.78, 5) is 0. The highest BCUT2D eigenvalue weighted by Crippen LogP contribution is 2.27. The summed E-state index contributed by atoms with van der Waals surface area (Å²) in [5, 5.41) is 14.4. The lowest BCUT2D eigenvalue weighted by molar-refractivity contribution is 0.176. The maximum absolute atomic E-state index is 9.66. The molecule has 1 N–H and O–H groups in total. The molecule has 0 saturated carbocycles. The third-order valence-electron chi connectivity index (χ3n) is 3.79. The van der Waals surface area contributed by atoms with Gasteiger partial charge >= 0.3 is 0 Å². The number of benzene rings is 3. The molecule has 3 aromatic carbocycles. The molecule has 1 nitrogen and oxygen atoms in total. The van der Waals surface area contributed by atoms with Gasteiger partial charge in [-0.15, -0.1) is 0 Å². The molecule has 0 spiro atoms. The molecule has 0 heterocycles. The fourth-order valence-electron chi connectivity index (χ4n) is 2.55. The van der Waals surface area contributed by atoms with Crippen molar-refractivity contribution in [2.75, 3.05) is 0 Å². The second-order valence-corrected chi connectivity index (χ2v) is 5.26. The third-order valence-corrected chi connectivity index (χ3v) is 3.79. The Kier molecular flexibility index (Phi) is 3.90. The summed E-state index contributed by atoms with van der Waals surface area (Å²) >= 11 is 0. The molecular formula is C20H18O. The van der Waals surface area contributed by atoms with E-state index in [9.17, 15) is 5.11 Å². The zero-order valence-corrected chi connectivity index (χ0v) is 12.1. The largest absolute Gasteiger partial charge is 0.392 e. The fourth-order valence-corrected chi connectivity index (χ4v) is 2.55. The van der Waals surface area contributed by atoms with Gasteiger partial charge in [-0.05, 0) is 34.0 Å². The number of aliphatic hydroxyl groups is 1. The second kappa shape index (κ2) is 5.99. The van der Waals surface area contributed by atoms with Crippen LogP contribution in [0.1, 0.15) is 25.3 Å². The van der Waals surface area contributed by atoms with Crippen molar-refractivity contribution in [3.63, 3.8) is 0 Å². The molecule has 3 aromatic rings. The molecule has 0 amide bonds. The first-order valence-corrected chi connectivity index (χ1v) is 7.37. The molecule has 0 radical (unpaired) electrons. The zero-order valence-electron chi connectivity index (χ0n) is 12.1. The third kappa shape index (κ3) is 2.77. The van der Waals surface area contributed by atoms with Crippen molar-refractivity contribution in [3.05, 3.63) is 60.2 Å². The summed E-state index contributed by atoms with van der Waals surface area (Å²) in [6, 6.07) is 18.9. The molecule has 21 heavy (non-hydrogen) atoms. The fraction of sp³-hybridized carbons (Fsp3) is 0.200. The maximum Gasteiger partial charge on any atom is 0.0646 e. The summed E-state index contributed by atoms with van der Waals surface area (Å²) in [5.41, 5.74) is 1.06. The molecule has 0 aromatic heterocycles. The quantitative estimate of drug-likeness (QED) is 0.538. The lowest BCUT2D eigenvalue weighted by Crippen LogP contribution is -2.01. The van der Waals surface area contributed by atoms with E-state index in [0.717, 1.165) is 12.0 Å². The van der Waals surface area contributed by atoms with Crippen molar-refractivity contribution in [1.29, 1.82) is 0 Å². The van der Waals surface area contributed by atoms with Gasteiger partial charge in [0.1, 0.15) is 0 Å². The SMILES string of the molecule is CC[C@@H](O)CC#Cc1c2ccccc2cc2ccccc12. The zero-order chi connectivity index (χ0) is 14.7. The Labute approximate surface area is 125 Å². The number of rotatable bonds is 2. The van der Waals surface area contributed by atoms with E-state index >= 15 is 0 Å². The van der Waals surface area contributed by atoms with E-state index in [1.165, 1.54) is 21.5 Å². The van der Waals surface area contributed by atoms with Crippen LogP contribution in [0.3, 0.4) is 0 Å². The molecule has 1 atom stereocenters. The van der Waals surface area contributed by atoms with Crippen LogP contribution >= 0.6 is 0 Å². The van der Waals surface area contributed by atoms with Gasteiger partial charge in [-0.3, -0.25) is 0 Å². The van der Waals surface area contributed by atoms with Crippen LogP contribution in [0.4, 0.5) is 0 Å². The van der Waals surface area contributed by atoms with E-state index in [-0.39, 0.29) is 6.10 Å². The minimum atomic E-state index is -0.334. The van der Waals surface area contributed by atoms with Crippen LogP contribution in [-0.4, -0.2) is 11.2 Å². The van der Waals surface area contributed by atoms with Gasteiger partial charge in [0.15, 0.2) is 0 Å². The first-order chi connectivity index (χ1) is 10.3. The topological polar surface area (TPSA) is 20.2 Å². The summed E-state index contributed by atoms with van der Waals surface area (Å²) in [6.45, 7) is 1.97. The van der Waals surface area contributed by atoms with Gasteiger partial charge in [0.2, 0.25) is 0 Å². The van der Waals surface area contributed by atoms with Gasteiger partial charge in [-0.1, -0.05) is 67.3 Å². The van der Waals surface area contributed by atoms with E-state index in [0.29, 0.717) is 6.42 Å². The molecule has 0 fully saturated rings. The van der Waals surface area contributed by atoms with Crippen molar-refractivity contribution < 1.29 is 5.11 Å². The molecule has 0 aliphatic rings. The molecule has 0 unspecified atom stereocenters. The average molecular weight is 274 g/mol. The molecule has 1 heteroatoms. The van der Waals surface area contributed by atoms with Crippen LogP contribution in [0, 0.1) is 11.8 Å². The Bertz CT molecular complexity index is 782. The monoisotopic (exact) mass is 274 g/mol. The van der Waals surface area contributed by atoms with Gasteiger partial charge in [0.05, 0.1) is 6.10 Å². The van der Waals surface area contributed by atoms with Crippen LogP contribution in [0.15, 0.2) is 54.6 Å². The van der Waals surface area contributed by atoms with Crippen LogP contribution in [0.2, 0.25) is 0 Å². The summed E-state index contributed by atoms with van der Waals surface area (Å²) < 4.78 is 0. The Hall–Kier alpha value is -2.30. The van der Waals surface area contributed by atoms with E-state index in [4.69, 9.17) is 0 Å². The minimum absolute atomic E-state index is 0.334. The van der Waals surface area contributed by atoms with Crippen molar-refractivity contribution >= 4 is 21.5 Å². The summed E-state index contributed by atoms with van der Waals surface area (Å²) in [5.74, 6) is 6.42. The highest BCUT2D eigenvalue weighted by Gasteiger charge is 2.05. The average Bonchev–Trinajstić information content (AvgIpc) is 2.54. The molecule has 0 aliphatic heterocycles. The number of hydrogen-bond acceptors (Lipinski definition) is 1. The summed E-state index contributed by atoms with van der Waals surface area (Å²) in [7, 11) is 0. The Morgan fingerprint density at radius 3 is 2.10 bits per heavy atom. The standard InChI is InChI=1S/C20H18O/c1-2-17(21)10-7-13-20-18-11-5-3-8-15(18)14-16-9-4-6-12-19(16)20/h3-6,8-9,11-12,14,17,21H,2,10H2,1H3/t17-/m1/s1. The Morgan fingerprint density at radius 1 is 0.952 bits per heavy atom. The Morgan fingerprint density at radius 2 is 1.52 bits per heavy atom. The van der Waals surface area contributed by atoms with Gasteiger partial charge in [-0.25, -0.2) is 0 Å². The minimum Gasteiger partial charge on any atom is -0.392 e. The first kappa shape index (κ1) is 13.7. The van der Waals surface area contributed by atoms with E-state index < -0.39 is 0 Å². The summed E-state index contributed by atoms with van der Waals surface area (Å²) in [6.07, 6.45) is 0.928. The molecule has 3 rings (SSSR count). The van der Waals surface area contributed by atoms with Gasteiger partial charge in [0.25, 0.3) is 0 Å². The maximum atomic E-state index is 9.66. The highest BCUT2D eigenvalue weighted by molar-refractivity contribution is 6.04. The van der Waals surface area contributed by atoms with Crippen molar-refractivity contribution in [2.45, 2.75) is 25.9 Å². The predicted molar refractivity (Wildman–Crippen MR) is 89.2 cm³/mol. The molecule has 0 aliphatic carbocycles. The number of fused-ring (bicyclic) bond motifs is 2. The van der Waals surface area contributed by atoms with Crippen LogP contribution < -0.4 is 0 Å². The Balaban J connectivity index is 2.20. The lowest BCUT2D eigenvalue weighted by atomic mass is 9.97. The van der Waals surface area contributed by atoms with E-state index in [1.54, 1.807) is 0 Å². The first-order valence-electron chi connectivity index (χ1n) is 7.37. The van der Waals surface area contributed by atoms with E-state index in [2.05, 4.69) is 54.3 Å². The predicted octanol–water partition coefficient (Wildman–Crippen LogP) is 4.51. The van der Waals surface area contributed by atoms with Gasteiger partial charge < -0.3 is 5.11 Å². The smallest absolute Gasteiger partial charge is 0.0646 e. The molecule has 0 saturated heterocycles. The normalized spacial score (nSPS) is 12.1. The van der Waals surface area contributed by atoms with Gasteiger partial charge in [0, 0.05) is 12.0 Å². The van der Waals surface area contributed by atoms with Crippen LogP contribution in [-0.2, 0) is 0 Å². The van der Waals surface area contributed by atoms with Crippen LogP contribution in [0.5, 0.6) is 0 Å². The molecule has 104 valence electrons. The van der Waals surface area contributed by atoms with Crippen LogP contribution in [0.25, 0.3) is 21.5 Å². The van der Waals surface area contributed by atoms with Crippen molar-refractivity contribution in [2.24, 2.45) is 0 Å². The van der Waals surface area contributed by atoms with Crippen molar-refractivity contribution in [1.82, 2.24) is 0 Å².